The summed E-state index contributed by atoms with van der Waals surface area (Å²) in [5.74, 6) is 0.0859. The van der Waals surface area contributed by atoms with Crippen LogP contribution >= 0.6 is 0 Å². The van der Waals surface area contributed by atoms with Gasteiger partial charge in [-0.15, -0.1) is 0 Å². The van der Waals surface area contributed by atoms with Crippen molar-refractivity contribution in [3.05, 3.63) is 52.6 Å². The molecule has 0 fully saturated rings. The van der Waals surface area contributed by atoms with E-state index in [0.29, 0.717) is 5.75 Å². The second-order valence-corrected chi connectivity index (χ2v) is 8.17. The Labute approximate surface area is 174 Å². The van der Waals surface area contributed by atoms with E-state index in [9.17, 15) is 23.3 Å². The van der Waals surface area contributed by atoms with E-state index in [1.165, 1.54) is 38.5 Å². The molecule has 1 N–H and O–H groups in total. The molecule has 2 rings (SSSR count). The monoisotopic (exact) mass is 437 g/mol. The normalized spacial score (nSPS) is 12.0. The fourth-order valence-electron chi connectivity index (χ4n) is 2.91. The first-order valence-electron chi connectivity index (χ1n) is 8.89. The van der Waals surface area contributed by atoms with Crippen molar-refractivity contribution in [2.45, 2.75) is 19.4 Å². The Kier molecular flexibility index (Phi) is 7.22. The van der Waals surface area contributed by atoms with Crippen LogP contribution in [0.5, 0.6) is 11.5 Å². The van der Waals surface area contributed by atoms with Gasteiger partial charge in [-0.1, -0.05) is 6.92 Å². The van der Waals surface area contributed by atoms with E-state index in [1.807, 2.05) is 0 Å². The van der Waals surface area contributed by atoms with Gasteiger partial charge in [0, 0.05) is 12.1 Å². The topological polar surface area (TPSA) is 128 Å². The van der Waals surface area contributed by atoms with Crippen LogP contribution in [0, 0.1) is 10.1 Å². The lowest BCUT2D eigenvalue weighted by Crippen LogP contribution is -2.47. The first-order chi connectivity index (χ1) is 14.1. The molecule has 0 saturated carbocycles. The van der Waals surface area contributed by atoms with Gasteiger partial charge in [0.15, 0.2) is 0 Å². The smallest absolute Gasteiger partial charge is 0.271 e. The molecule has 162 valence electrons. The first-order valence-corrected chi connectivity index (χ1v) is 10.7. The van der Waals surface area contributed by atoms with Gasteiger partial charge in [-0.2, -0.15) is 0 Å². The number of nitrogens with one attached hydrogen (secondary N) is 1. The molecule has 1 amide bonds. The van der Waals surface area contributed by atoms with Crippen molar-refractivity contribution in [2.75, 3.05) is 30.1 Å². The molecular formula is C19H23N3O7S. The second kappa shape index (κ2) is 9.44. The van der Waals surface area contributed by atoms with Gasteiger partial charge in [-0.05, 0) is 36.8 Å². The molecule has 0 aliphatic heterocycles. The third-order valence-electron chi connectivity index (χ3n) is 4.31. The summed E-state index contributed by atoms with van der Waals surface area (Å²) in [6.45, 7) is 1.66. The third-order valence-corrected chi connectivity index (χ3v) is 5.49. The average Bonchev–Trinajstić information content (AvgIpc) is 2.70. The Bertz CT molecular complexity index is 1020. The zero-order valence-electron chi connectivity index (χ0n) is 17.0. The average molecular weight is 437 g/mol. The number of ether oxygens (including phenoxy) is 2. The van der Waals surface area contributed by atoms with Crippen LogP contribution in [0.2, 0.25) is 0 Å². The molecule has 0 aliphatic carbocycles. The maximum atomic E-state index is 13.0. The summed E-state index contributed by atoms with van der Waals surface area (Å²) in [5, 5.41) is 13.6. The van der Waals surface area contributed by atoms with Crippen molar-refractivity contribution in [3.8, 4) is 11.5 Å². The fourth-order valence-corrected chi connectivity index (χ4v) is 4.12. The molecule has 0 aromatic heterocycles. The number of anilines is 2. The Morgan fingerprint density at radius 3 is 2.27 bits per heavy atom. The second-order valence-electron chi connectivity index (χ2n) is 6.31. The molecule has 0 radical (unpaired) electrons. The van der Waals surface area contributed by atoms with E-state index in [4.69, 9.17) is 9.47 Å². The van der Waals surface area contributed by atoms with E-state index < -0.39 is 26.9 Å². The van der Waals surface area contributed by atoms with Crippen LogP contribution in [0.15, 0.2) is 42.5 Å². The highest BCUT2D eigenvalue weighted by molar-refractivity contribution is 7.92. The maximum Gasteiger partial charge on any atom is 0.271 e. The van der Waals surface area contributed by atoms with Crippen LogP contribution < -0.4 is 19.1 Å². The number of carbonyl (C=O) groups excluding carboxylic acids is 1. The zero-order valence-corrected chi connectivity index (χ0v) is 17.8. The number of hydrogen-bond donors (Lipinski definition) is 1. The number of hydrogen-bond acceptors (Lipinski definition) is 7. The molecule has 11 heteroatoms. The van der Waals surface area contributed by atoms with Crippen molar-refractivity contribution < 1.29 is 27.6 Å². The Hall–Kier alpha value is -3.34. The van der Waals surface area contributed by atoms with Crippen LogP contribution in [0.4, 0.5) is 17.1 Å². The van der Waals surface area contributed by atoms with Gasteiger partial charge in [0.1, 0.15) is 17.5 Å². The number of amides is 1. The number of non-ortho nitro benzene ring substituents is 1. The standard InChI is InChI=1S/C19H23N3O7S/c1-5-17(21(30(4,26)27)13-6-9-15(28-2)10-7-13)19(23)20-16-12-14(22(24)25)8-11-18(16)29-3/h6-12,17H,5H2,1-4H3,(H,20,23)/t17-/m1/s1. The van der Waals surface area contributed by atoms with E-state index >= 15 is 0 Å². The Morgan fingerprint density at radius 2 is 1.80 bits per heavy atom. The van der Waals surface area contributed by atoms with Crippen LogP contribution in [-0.2, 0) is 14.8 Å². The van der Waals surface area contributed by atoms with E-state index in [0.717, 1.165) is 16.6 Å². The lowest BCUT2D eigenvalue weighted by molar-refractivity contribution is -0.384. The Balaban J connectivity index is 2.43. The highest BCUT2D eigenvalue weighted by Crippen LogP contribution is 2.30. The predicted octanol–water partition coefficient (Wildman–Crippen LogP) is 2.80. The molecule has 0 heterocycles. The molecule has 1 atom stereocenters. The molecule has 30 heavy (non-hydrogen) atoms. The van der Waals surface area contributed by atoms with Crippen LogP contribution in [0.3, 0.4) is 0 Å². The summed E-state index contributed by atoms with van der Waals surface area (Å²) in [6, 6.07) is 8.88. The number of benzene rings is 2. The number of rotatable bonds is 9. The minimum atomic E-state index is -3.83. The van der Waals surface area contributed by atoms with Gasteiger partial charge >= 0.3 is 0 Å². The number of nitro benzene ring substituents is 1. The zero-order chi connectivity index (χ0) is 22.5. The van der Waals surface area contributed by atoms with Crippen LogP contribution in [-0.4, -0.2) is 45.8 Å². The van der Waals surface area contributed by atoms with E-state index in [-0.39, 0.29) is 29.2 Å². The van der Waals surface area contributed by atoms with E-state index in [1.54, 1.807) is 19.1 Å². The molecule has 0 aliphatic rings. The summed E-state index contributed by atoms with van der Waals surface area (Å²) in [6.07, 6.45) is 1.16. The fraction of sp³-hybridized carbons (Fsp3) is 0.316. The number of nitro groups is 1. The van der Waals surface area contributed by atoms with Crippen molar-refractivity contribution in [1.82, 2.24) is 0 Å². The summed E-state index contributed by atoms with van der Waals surface area (Å²) >= 11 is 0. The molecule has 0 spiro atoms. The predicted molar refractivity (Wildman–Crippen MR) is 113 cm³/mol. The molecule has 0 bridgehead atoms. The van der Waals surface area contributed by atoms with Crippen molar-refractivity contribution in [1.29, 1.82) is 0 Å². The van der Waals surface area contributed by atoms with Gasteiger partial charge < -0.3 is 14.8 Å². The highest BCUT2D eigenvalue weighted by Gasteiger charge is 2.32. The number of carbonyl (C=O) groups is 1. The minimum Gasteiger partial charge on any atom is -0.497 e. The summed E-state index contributed by atoms with van der Waals surface area (Å²) in [7, 11) is -0.992. The quantitative estimate of drug-likeness (QED) is 0.472. The first kappa shape index (κ1) is 22.9. The van der Waals surface area contributed by atoms with E-state index in [2.05, 4.69) is 5.32 Å². The maximum absolute atomic E-state index is 13.0. The van der Waals surface area contributed by atoms with Crippen molar-refractivity contribution >= 4 is 33.0 Å². The van der Waals surface area contributed by atoms with Gasteiger partial charge in [0.2, 0.25) is 15.9 Å². The lowest BCUT2D eigenvalue weighted by Gasteiger charge is -2.30. The lowest BCUT2D eigenvalue weighted by atomic mass is 10.1. The SMILES string of the molecule is CC[C@H](C(=O)Nc1cc([N+](=O)[O-])ccc1OC)N(c1ccc(OC)cc1)S(C)(=O)=O. The van der Waals surface area contributed by atoms with Crippen LogP contribution in [0.25, 0.3) is 0 Å². The summed E-state index contributed by atoms with van der Waals surface area (Å²) < 4.78 is 36.3. The summed E-state index contributed by atoms with van der Waals surface area (Å²) in [5.41, 5.74) is 0.110. The largest absolute Gasteiger partial charge is 0.497 e. The van der Waals surface area contributed by atoms with Gasteiger partial charge in [-0.25, -0.2) is 8.42 Å². The van der Waals surface area contributed by atoms with Crippen molar-refractivity contribution in [2.24, 2.45) is 0 Å². The van der Waals surface area contributed by atoms with Crippen molar-refractivity contribution in [3.63, 3.8) is 0 Å². The molecule has 0 unspecified atom stereocenters. The minimum absolute atomic E-state index is 0.0679. The summed E-state index contributed by atoms with van der Waals surface area (Å²) in [4.78, 5) is 23.5. The molecular weight excluding hydrogens is 414 g/mol. The molecule has 0 saturated heterocycles. The molecule has 2 aromatic rings. The van der Waals surface area contributed by atoms with Crippen LogP contribution in [0.1, 0.15) is 13.3 Å². The molecule has 2 aromatic carbocycles. The number of methoxy groups -OCH3 is 2. The highest BCUT2D eigenvalue weighted by atomic mass is 32.2. The van der Waals surface area contributed by atoms with Gasteiger partial charge in [-0.3, -0.25) is 19.2 Å². The number of nitrogens with zero attached hydrogens (tertiary/aromatic N) is 2. The number of sulfonamides is 1. The molecule has 10 nitrogen and oxygen atoms in total. The van der Waals surface area contributed by atoms with Gasteiger partial charge in [0.25, 0.3) is 5.69 Å². The third kappa shape index (κ3) is 5.17. The Morgan fingerprint density at radius 1 is 1.17 bits per heavy atom. The van der Waals surface area contributed by atoms with Gasteiger partial charge in [0.05, 0.1) is 36.8 Å².